The molecule has 0 aromatic carbocycles. The van der Waals surface area contributed by atoms with Crippen molar-refractivity contribution in [3.8, 4) is 0 Å². The maximum absolute atomic E-state index is 11.5. The summed E-state index contributed by atoms with van der Waals surface area (Å²) >= 11 is 4.94. The van der Waals surface area contributed by atoms with Gasteiger partial charge in [0.2, 0.25) is 0 Å². The van der Waals surface area contributed by atoms with Crippen molar-refractivity contribution in [2.24, 2.45) is 5.92 Å². The van der Waals surface area contributed by atoms with E-state index >= 15 is 0 Å². The Balaban J connectivity index is 2.48. The molecule has 2 aromatic rings. The third-order valence-corrected chi connectivity index (χ3v) is 2.66. The molecule has 0 aliphatic heterocycles. The van der Waals surface area contributed by atoms with E-state index in [1.807, 2.05) is 4.57 Å². The minimum Gasteiger partial charge on any atom is -0.317 e. The second-order valence-electron chi connectivity index (χ2n) is 4.23. The maximum Gasteiger partial charge on any atom is 0.279 e. The van der Waals surface area contributed by atoms with E-state index in [1.165, 1.54) is 0 Å². The number of nitrogens with one attached hydrogen (secondary N) is 2. The van der Waals surface area contributed by atoms with Crippen LogP contribution in [0.2, 0.25) is 0 Å². The lowest BCUT2D eigenvalue weighted by molar-refractivity contribution is 0.521. The Hall–Kier alpha value is -1.43. The van der Waals surface area contributed by atoms with Crippen molar-refractivity contribution in [2.45, 2.75) is 26.8 Å². The standard InChI is InChI=1S/C10H14N4OS/c1-6(2)3-4-14-5-11-7-8(14)12-10(16)13-9(7)15/h5-6H,3-4H2,1-2H3,(H2,12,13,15,16). The van der Waals surface area contributed by atoms with Crippen molar-refractivity contribution < 1.29 is 0 Å². The molecule has 0 saturated carbocycles. The average Bonchev–Trinajstić information content (AvgIpc) is 2.58. The lowest BCUT2D eigenvalue weighted by Gasteiger charge is -2.06. The van der Waals surface area contributed by atoms with Crippen LogP contribution in [0.1, 0.15) is 20.3 Å². The summed E-state index contributed by atoms with van der Waals surface area (Å²) in [7, 11) is 0. The molecule has 0 saturated heterocycles. The predicted molar refractivity (Wildman–Crippen MR) is 65.0 cm³/mol. The smallest absolute Gasteiger partial charge is 0.279 e. The zero-order valence-corrected chi connectivity index (χ0v) is 10.1. The summed E-state index contributed by atoms with van der Waals surface area (Å²) in [5.41, 5.74) is 0.883. The molecule has 0 bridgehead atoms. The SMILES string of the molecule is CC(C)CCn1cnc2c(=O)[nH]c(=S)[nH]c21. The first-order valence-corrected chi connectivity index (χ1v) is 5.66. The predicted octanol–water partition coefficient (Wildman–Crippen LogP) is 1.83. The third kappa shape index (κ3) is 2.06. The van der Waals surface area contributed by atoms with E-state index < -0.39 is 0 Å². The zero-order valence-electron chi connectivity index (χ0n) is 9.28. The number of aromatic amines is 2. The maximum atomic E-state index is 11.5. The fourth-order valence-electron chi connectivity index (χ4n) is 1.55. The average molecular weight is 238 g/mol. The minimum atomic E-state index is -0.234. The van der Waals surface area contributed by atoms with Gasteiger partial charge < -0.3 is 9.55 Å². The monoisotopic (exact) mass is 238 g/mol. The van der Waals surface area contributed by atoms with Crippen molar-refractivity contribution in [2.75, 3.05) is 0 Å². The number of aromatic nitrogens is 4. The Morgan fingerprint density at radius 1 is 1.50 bits per heavy atom. The van der Waals surface area contributed by atoms with Gasteiger partial charge in [-0.3, -0.25) is 9.78 Å². The van der Waals surface area contributed by atoms with Gasteiger partial charge in [-0.2, -0.15) is 0 Å². The lowest BCUT2D eigenvalue weighted by atomic mass is 10.1. The van der Waals surface area contributed by atoms with Crippen molar-refractivity contribution in [1.29, 1.82) is 0 Å². The zero-order chi connectivity index (χ0) is 11.7. The molecule has 2 heterocycles. The number of H-pyrrole nitrogens is 2. The molecule has 86 valence electrons. The van der Waals surface area contributed by atoms with Crippen LogP contribution in [0.15, 0.2) is 11.1 Å². The van der Waals surface area contributed by atoms with Crippen LogP contribution < -0.4 is 5.56 Å². The minimum absolute atomic E-state index is 0.234. The number of aryl methyl sites for hydroxylation is 1. The molecule has 2 N–H and O–H groups in total. The van der Waals surface area contributed by atoms with E-state index in [2.05, 4.69) is 28.8 Å². The van der Waals surface area contributed by atoms with Gasteiger partial charge in [0.15, 0.2) is 10.3 Å². The van der Waals surface area contributed by atoms with Gasteiger partial charge >= 0.3 is 0 Å². The molecule has 0 radical (unpaired) electrons. The van der Waals surface area contributed by atoms with Crippen molar-refractivity contribution in [3.05, 3.63) is 21.5 Å². The molecule has 0 unspecified atom stereocenters. The van der Waals surface area contributed by atoms with E-state index in [1.54, 1.807) is 6.33 Å². The highest BCUT2D eigenvalue weighted by Gasteiger charge is 2.06. The molecule has 16 heavy (non-hydrogen) atoms. The summed E-state index contributed by atoms with van der Waals surface area (Å²) in [6.07, 6.45) is 2.71. The molecular formula is C10H14N4OS. The fraction of sp³-hybridized carbons (Fsp3) is 0.500. The molecule has 0 amide bonds. The van der Waals surface area contributed by atoms with Crippen LogP contribution in [-0.2, 0) is 6.54 Å². The Kier molecular flexibility index (Phi) is 2.91. The summed E-state index contributed by atoms with van der Waals surface area (Å²) < 4.78 is 2.27. The summed E-state index contributed by atoms with van der Waals surface area (Å²) in [6.45, 7) is 5.16. The molecular weight excluding hydrogens is 224 g/mol. The molecule has 0 aliphatic rings. The van der Waals surface area contributed by atoms with E-state index in [9.17, 15) is 4.79 Å². The molecule has 0 fully saturated rings. The van der Waals surface area contributed by atoms with Crippen LogP contribution in [0.4, 0.5) is 0 Å². The quantitative estimate of drug-likeness (QED) is 0.802. The Morgan fingerprint density at radius 2 is 2.25 bits per heavy atom. The normalized spacial score (nSPS) is 11.4. The number of hydrogen-bond acceptors (Lipinski definition) is 3. The number of imidazole rings is 1. The van der Waals surface area contributed by atoms with E-state index in [0.717, 1.165) is 13.0 Å². The third-order valence-electron chi connectivity index (χ3n) is 2.46. The number of fused-ring (bicyclic) bond motifs is 1. The van der Waals surface area contributed by atoms with Crippen molar-refractivity contribution in [3.63, 3.8) is 0 Å². The van der Waals surface area contributed by atoms with Gasteiger partial charge in [-0.25, -0.2) is 4.98 Å². The highest BCUT2D eigenvalue weighted by Crippen LogP contribution is 2.08. The lowest BCUT2D eigenvalue weighted by Crippen LogP contribution is -2.09. The van der Waals surface area contributed by atoms with Crippen LogP contribution in [0, 0.1) is 10.7 Å². The van der Waals surface area contributed by atoms with E-state index in [0.29, 0.717) is 21.9 Å². The highest BCUT2D eigenvalue weighted by atomic mass is 32.1. The number of rotatable bonds is 3. The van der Waals surface area contributed by atoms with Crippen LogP contribution in [0.5, 0.6) is 0 Å². The van der Waals surface area contributed by atoms with Crippen LogP contribution in [0.25, 0.3) is 11.2 Å². The molecule has 2 aromatic heterocycles. The van der Waals surface area contributed by atoms with Gasteiger partial charge in [-0.05, 0) is 24.6 Å². The largest absolute Gasteiger partial charge is 0.317 e. The summed E-state index contributed by atoms with van der Waals surface area (Å²) in [5, 5.41) is 0. The molecule has 6 heteroatoms. The number of nitrogens with zero attached hydrogens (tertiary/aromatic N) is 2. The molecule has 0 spiro atoms. The topological polar surface area (TPSA) is 66.5 Å². The molecule has 2 rings (SSSR count). The summed E-state index contributed by atoms with van der Waals surface area (Å²) in [5.74, 6) is 0.613. The Labute approximate surface area is 97.5 Å². The van der Waals surface area contributed by atoms with Gasteiger partial charge in [-0.15, -0.1) is 0 Å². The highest BCUT2D eigenvalue weighted by molar-refractivity contribution is 7.71. The summed E-state index contributed by atoms with van der Waals surface area (Å²) in [6, 6.07) is 0. The molecule has 5 nitrogen and oxygen atoms in total. The van der Waals surface area contributed by atoms with Gasteiger partial charge in [0, 0.05) is 6.54 Å². The Morgan fingerprint density at radius 3 is 2.94 bits per heavy atom. The second-order valence-corrected chi connectivity index (χ2v) is 4.63. The Bertz CT molecular complexity index is 607. The van der Waals surface area contributed by atoms with Crippen molar-refractivity contribution in [1.82, 2.24) is 19.5 Å². The second kappa shape index (κ2) is 4.21. The molecule has 0 aliphatic carbocycles. The van der Waals surface area contributed by atoms with Gasteiger partial charge in [0.25, 0.3) is 5.56 Å². The first-order valence-electron chi connectivity index (χ1n) is 5.25. The van der Waals surface area contributed by atoms with Gasteiger partial charge in [0.1, 0.15) is 5.65 Å². The first-order chi connectivity index (χ1) is 7.58. The van der Waals surface area contributed by atoms with Crippen LogP contribution in [-0.4, -0.2) is 19.5 Å². The van der Waals surface area contributed by atoms with Gasteiger partial charge in [-0.1, -0.05) is 13.8 Å². The van der Waals surface area contributed by atoms with Crippen molar-refractivity contribution >= 4 is 23.4 Å². The van der Waals surface area contributed by atoms with E-state index in [4.69, 9.17) is 12.2 Å². The number of hydrogen-bond donors (Lipinski definition) is 2. The van der Waals surface area contributed by atoms with Gasteiger partial charge in [0.05, 0.1) is 6.33 Å². The van der Waals surface area contributed by atoms with Crippen LogP contribution >= 0.6 is 12.2 Å². The summed E-state index contributed by atoms with van der Waals surface area (Å²) in [4.78, 5) is 21.1. The molecule has 0 atom stereocenters. The first kappa shape index (κ1) is 11.1. The fourth-order valence-corrected chi connectivity index (χ4v) is 1.74. The van der Waals surface area contributed by atoms with Crippen LogP contribution in [0.3, 0.4) is 0 Å². The van der Waals surface area contributed by atoms with E-state index in [-0.39, 0.29) is 5.56 Å².